The molecule has 0 heterocycles. The molecule has 2 aromatic rings. The van der Waals surface area contributed by atoms with Crippen molar-refractivity contribution in [1.29, 1.82) is 0 Å². The van der Waals surface area contributed by atoms with E-state index >= 15 is 0 Å². The lowest BCUT2D eigenvalue weighted by atomic mass is 9.92. The molecule has 2 N–H and O–H groups in total. The van der Waals surface area contributed by atoms with Crippen LogP contribution in [0.15, 0.2) is 54.6 Å². The van der Waals surface area contributed by atoms with Crippen LogP contribution >= 0.6 is 0 Å². The van der Waals surface area contributed by atoms with Crippen molar-refractivity contribution in [3.63, 3.8) is 0 Å². The molecule has 1 atom stereocenters. The topological polar surface area (TPSA) is 74.6 Å². The van der Waals surface area contributed by atoms with Gasteiger partial charge < -0.3 is 10.2 Å². The molecule has 108 valence electrons. The maximum absolute atomic E-state index is 11.3. The van der Waals surface area contributed by atoms with E-state index in [1.807, 2.05) is 42.5 Å². The molecular weight excluding hydrogens is 268 g/mol. The maximum atomic E-state index is 11.3. The zero-order valence-electron chi connectivity index (χ0n) is 11.4. The molecule has 1 unspecified atom stereocenters. The molecule has 2 rings (SSSR count). The summed E-state index contributed by atoms with van der Waals surface area (Å²) in [5, 5.41) is 17.9. The van der Waals surface area contributed by atoms with E-state index in [1.165, 1.54) is 0 Å². The van der Waals surface area contributed by atoms with Crippen molar-refractivity contribution >= 4 is 11.9 Å². The normalized spacial score (nSPS) is 11.8. The standard InChI is InChI=1S/C17H16O4/c18-16(19)11-10-15(17(20)21)14-8-6-13(7-9-14)12-4-2-1-3-5-12/h1-9,15H,10-11H2,(H,18,19)(H,20,21). The Morgan fingerprint density at radius 3 is 1.95 bits per heavy atom. The molecular formula is C17H16O4. The number of benzene rings is 2. The predicted molar refractivity (Wildman–Crippen MR) is 79.1 cm³/mol. The maximum Gasteiger partial charge on any atom is 0.310 e. The molecule has 4 nitrogen and oxygen atoms in total. The van der Waals surface area contributed by atoms with Gasteiger partial charge in [0.2, 0.25) is 0 Å². The van der Waals surface area contributed by atoms with Crippen molar-refractivity contribution in [2.24, 2.45) is 0 Å². The lowest BCUT2D eigenvalue weighted by Crippen LogP contribution is -2.13. The molecule has 2 aromatic carbocycles. The minimum absolute atomic E-state index is 0.0926. The summed E-state index contributed by atoms with van der Waals surface area (Å²) in [4.78, 5) is 21.9. The van der Waals surface area contributed by atoms with Crippen LogP contribution in [0.4, 0.5) is 0 Å². The van der Waals surface area contributed by atoms with Gasteiger partial charge in [-0.15, -0.1) is 0 Å². The van der Waals surface area contributed by atoms with Crippen LogP contribution in [0.1, 0.15) is 24.3 Å². The van der Waals surface area contributed by atoms with Crippen molar-refractivity contribution in [3.05, 3.63) is 60.2 Å². The summed E-state index contributed by atoms with van der Waals surface area (Å²) in [6, 6.07) is 17.0. The van der Waals surface area contributed by atoms with E-state index in [4.69, 9.17) is 5.11 Å². The highest BCUT2D eigenvalue weighted by molar-refractivity contribution is 5.78. The Labute approximate surface area is 122 Å². The van der Waals surface area contributed by atoms with Gasteiger partial charge in [-0.1, -0.05) is 54.6 Å². The highest BCUT2D eigenvalue weighted by Crippen LogP contribution is 2.25. The summed E-state index contributed by atoms with van der Waals surface area (Å²) in [5.74, 6) is -2.77. The molecule has 0 aliphatic heterocycles. The van der Waals surface area contributed by atoms with Crippen LogP contribution in [0.5, 0.6) is 0 Å². The molecule has 0 fully saturated rings. The van der Waals surface area contributed by atoms with Crippen LogP contribution in [0.2, 0.25) is 0 Å². The number of carboxylic acid groups (broad SMARTS) is 2. The van der Waals surface area contributed by atoms with E-state index in [0.29, 0.717) is 5.56 Å². The SMILES string of the molecule is O=C(O)CCC(C(=O)O)c1ccc(-c2ccccc2)cc1. The average Bonchev–Trinajstić information content (AvgIpc) is 2.48. The molecule has 21 heavy (non-hydrogen) atoms. The van der Waals surface area contributed by atoms with Gasteiger partial charge in [0, 0.05) is 6.42 Å². The van der Waals surface area contributed by atoms with E-state index in [9.17, 15) is 14.7 Å². The lowest BCUT2D eigenvalue weighted by molar-refractivity contribution is -0.140. The van der Waals surface area contributed by atoms with Crippen molar-refractivity contribution in [3.8, 4) is 11.1 Å². The molecule has 0 spiro atoms. The zero-order valence-corrected chi connectivity index (χ0v) is 11.4. The van der Waals surface area contributed by atoms with Crippen molar-refractivity contribution < 1.29 is 19.8 Å². The van der Waals surface area contributed by atoms with Gasteiger partial charge in [0.05, 0.1) is 5.92 Å². The molecule has 0 aliphatic carbocycles. The summed E-state index contributed by atoms with van der Waals surface area (Å²) in [6.07, 6.45) is -0.0627. The van der Waals surface area contributed by atoms with Crippen molar-refractivity contribution in [2.75, 3.05) is 0 Å². The summed E-state index contributed by atoms with van der Waals surface area (Å²) in [5.41, 5.74) is 2.69. The molecule has 0 aromatic heterocycles. The summed E-state index contributed by atoms with van der Waals surface area (Å²) in [7, 11) is 0. The van der Waals surface area contributed by atoms with Crippen LogP contribution in [-0.2, 0) is 9.59 Å². The molecule has 0 saturated carbocycles. The first-order valence-electron chi connectivity index (χ1n) is 6.68. The first kappa shape index (κ1) is 14.8. The number of rotatable bonds is 6. The second-order valence-electron chi connectivity index (χ2n) is 4.81. The third-order valence-electron chi connectivity index (χ3n) is 3.37. The molecule has 0 bridgehead atoms. The smallest absolute Gasteiger partial charge is 0.310 e. The molecule has 4 heteroatoms. The van der Waals surface area contributed by atoms with Gasteiger partial charge in [-0.2, -0.15) is 0 Å². The second-order valence-corrected chi connectivity index (χ2v) is 4.81. The minimum atomic E-state index is -0.997. The van der Waals surface area contributed by atoms with E-state index < -0.39 is 17.9 Å². The van der Waals surface area contributed by atoms with E-state index in [1.54, 1.807) is 12.1 Å². The Kier molecular flexibility index (Phi) is 4.72. The highest BCUT2D eigenvalue weighted by atomic mass is 16.4. The molecule has 0 aliphatic rings. The van der Waals surface area contributed by atoms with Crippen LogP contribution in [0.3, 0.4) is 0 Å². The number of aliphatic carboxylic acids is 2. The first-order valence-corrected chi connectivity index (χ1v) is 6.68. The number of hydrogen-bond donors (Lipinski definition) is 2. The van der Waals surface area contributed by atoms with Crippen molar-refractivity contribution in [2.45, 2.75) is 18.8 Å². The van der Waals surface area contributed by atoms with Gasteiger partial charge in [-0.3, -0.25) is 9.59 Å². The first-order chi connectivity index (χ1) is 10.1. The zero-order chi connectivity index (χ0) is 15.2. The van der Waals surface area contributed by atoms with E-state index in [2.05, 4.69) is 0 Å². The molecule has 0 amide bonds. The predicted octanol–water partition coefficient (Wildman–Crippen LogP) is 3.39. The van der Waals surface area contributed by atoms with Gasteiger partial charge in [0.15, 0.2) is 0 Å². The quantitative estimate of drug-likeness (QED) is 0.852. The fraction of sp³-hybridized carbons (Fsp3) is 0.176. The fourth-order valence-corrected chi connectivity index (χ4v) is 2.24. The number of carboxylic acids is 2. The monoisotopic (exact) mass is 284 g/mol. The second kappa shape index (κ2) is 6.70. The van der Waals surface area contributed by atoms with Gasteiger partial charge in [0.1, 0.15) is 0 Å². The van der Waals surface area contributed by atoms with Gasteiger partial charge >= 0.3 is 11.9 Å². The number of carbonyl (C=O) groups is 2. The highest BCUT2D eigenvalue weighted by Gasteiger charge is 2.20. The third kappa shape index (κ3) is 3.92. The largest absolute Gasteiger partial charge is 0.481 e. The summed E-state index contributed by atoms with van der Waals surface area (Å²) >= 11 is 0. The average molecular weight is 284 g/mol. The Hall–Kier alpha value is -2.62. The van der Waals surface area contributed by atoms with Crippen molar-refractivity contribution in [1.82, 2.24) is 0 Å². The lowest BCUT2D eigenvalue weighted by Gasteiger charge is -2.12. The third-order valence-corrected chi connectivity index (χ3v) is 3.37. The van der Waals surface area contributed by atoms with Crippen LogP contribution in [0.25, 0.3) is 11.1 Å². The molecule has 0 saturated heterocycles. The minimum Gasteiger partial charge on any atom is -0.481 e. The summed E-state index contributed by atoms with van der Waals surface area (Å²) in [6.45, 7) is 0. The Balaban J connectivity index is 2.19. The van der Waals surface area contributed by atoms with Crippen LogP contribution < -0.4 is 0 Å². The van der Waals surface area contributed by atoms with Gasteiger partial charge in [0.25, 0.3) is 0 Å². The van der Waals surface area contributed by atoms with E-state index in [-0.39, 0.29) is 12.8 Å². The Morgan fingerprint density at radius 2 is 1.43 bits per heavy atom. The van der Waals surface area contributed by atoms with Crippen LogP contribution in [0, 0.1) is 0 Å². The molecule has 0 radical (unpaired) electrons. The fourth-order valence-electron chi connectivity index (χ4n) is 2.24. The van der Waals surface area contributed by atoms with Gasteiger partial charge in [-0.05, 0) is 23.1 Å². The Morgan fingerprint density at radius 1 is 0.857 bits per heavy atom. The Bertz CT molecular complexity index is 617. The number of hydrogen-bond acceptors (Lipinski definition) is 2. The van der Waals surface area contributed by atoms with Crippen LogP contribution in [-0.4, -0.2) is 22.2 Å². The van der Waals surface area contributed by atoms with Gasteiger partial charge in [-0.25, -0.2) is 0 Å². The van der Waals surface area contributed by atoms with E-state index in [0.717, 1.165) is 11.1 Å². The summed E-state index contributed by atoms with van der Waals surface area (Å²) < 4.78 is 0.